The zero-order valence-electron chi connectivity index (χ0n) is 16.1. The fraction of sp³-hybridized carbons (Fsp3) is 0.364. The monoisotopic (exact) mass is 380 g/mol. The maximum Gasteiger partial charge on any atom is 0.231 e. The van der Waals surface area contributed by atoms with Gasteiger partial charge in [0.1, 0.15) is 0 Å². The van der Waals surface area contributed by atoms with Gasteiger partial charge in [-0.2, -0.15) is 0 Å². The van der Waals surface area contributed by atoms with Crippen LogP contribution in [0, 0.1) is 0 Å². The third kappa shape index (κ3) is 3.67. The Morgan fingerprint density at radius 2 is 1.96 bits per heavy atom. The summed E-state index contributed by atoms with van der Waals surface area (Å²) in [5.74, 6) is 1.44. The van der Waals surface area contributed by atoms with Gasteiger partial charge in [0.15, 0.2) is 17.6 Å². The summed E-state index contributed by atoms with van der Waals surface area (Å²) in [4.78, 5) is 20.3. The Hall–Kier alpha value is -3.02. The van der Waals surface area contributed by atoms with E-state index >= 15 is 0 Å². The molecule has 28 heavy (non-hydrogen) atoms. The van der Waals surface area contributed by atoms with Crippen LogP contribution >= 0.6 is 0 Å². The molecule has 0 radical (unpaired) electrons. The van der Waals surface area contributed by atoms with Gasteiger partial charge in [-0.1, -0.05) is 42.4 Å². The van der Waals surface area contributed by atoms with E-state index in [4.69, 9.17) is 14.3 Å². The lowest BCUT2D eigenvalue weighted by Gasteiger charge is -2.25. The number of benzene rings is 2. The minimum atomic E-state index is -0.150. The Balaban J connectivity index is 1.37. The van der Waals surface area contributed by atoms with Crippen molar-refractivity contribution in [2.75, 3.05) is 20.4 Å². The number of hydrogen-bond acceptors (Lipinski definition) is 5. The maximum atomic E-state index is 12.9. The number of nitrogens with zero attached hydrogens (tertiary/aromatic N) is 2. The lowest BCUT2D eigenvalue weighted by molar-refractivity contribution is -0.133. The van der Waals surface area contributed by atoms with E-state index < -0.39 is 0 Å². The van der Waals surface area contributed by atoms with Crippen LogP contribution in [0.15, 0.2) is 53.7 Å². The molecule has 2 aliphatic heterocycles. The number of amides is 1. The molecule has 6 heteroatoms. The number of oxime groups is 1. The molecule has 6 nitrogen and oxygen atoms in total. The predicted octanol–water partition coefficient (Wildman–Crippen LogP) is 3.56. The Bertz CT molecular complexity index is 881. The number of carbonyl (C=O) groups excluding carboxylic acids is 1. The molecule has 4 rings (SSSR count). The molecule has 2 heterocycles. The summed E-state index contributed by atoms with van der Waals surface area (Å²) < 4.78 is 10.8. The second-order valence-corrected chi connectivity index (χ2v) is 7.13. The van der Waals surface area contributed by atoms with Crippen LogP contribution in [0.3, 0.4) is 0 Å². The molecule has 0 bridgehead atoms. The number of fused-ring (bicyclic) bond motifs is 1. The summed E-state index contributed by atoms with van der Waals surface area (Å²) in [7, 11) is 1.83. The van der Waals surface area contributed by atoms with Crippen molar-refractivity contribution in [3.8, 4) is 11.5 Å². The van der Waals surface area contributed by atoms with Crippen molar-refractivity contribution in [1.29, 1.82) is 0 Å². The van der Waals surface area contributed by atoms with E-state index in [0.717, 1.165) is 34.8 Å². The summed E-state index contributed by atoms with van der Waals surface area (Å²) in [5.41, 5.74) is 2.86. The van der Waals surface area contributed by atoms with Crippen molar-refractivity contribution in [2.24, 2.45) is 5.16 Å². The molecular weight excluding hydrogens is 356 g/mol. The first-order valence-electron chi connectivity index (χ1n) is 9.58. The number of rotatable bonds is 6. The molecule has 2 aromatic carbocycles. The highest BCUT2D eigenvalue weighted by Crippen LogP contribution is 2.33. The predicted molar refractivity (Wildman–Crippen MR) is 106 cm³/mol. The first kappa shape index (κ1) is 18.3. The van der Waals surface area contributed by atoms with E-state index in [0.29, 0.717) is 13.0 Å². The number of ether oxygens (including phenoxy) is 2. The zero-order chi connectivity index (χ0) is 19.5. The Morgan fingerprint density at radius 3 is 2.75 bits per heavy atom. The van der Waals surface area contributed by atoms with Crippen molar-refractivity contribution in [3.05, 3.63) is 59.7 Å². The van der Waals surface area contributed by atoms with Crippen LogP contribution in [-0.2, 0) is 9.63 Å². The van der Waals surface area contributed by atoms with Gasteiger partial charge in [0, 0.05) is 19.0 Å². The van der Waals surface area contributed by atoms with Gasteiger partial charge in [0.25, 0.3) is 0 Å². The average molecular weight is 380 g/mol. The van der Waals surface area contributed by atoms with E-state index in [2.05, 4.69) is 5.16 Å². The van der Waals surface area contributed by atoms with Crippen molar-refractivity contribution >= 4 is 11.6 Å². The summed E-state index contributed by atoms with van der Waals surface area (Å²) in [6.07, 6.45) is 1.26. The van der Waals surface area contributed by atoms with Crippen molar-refractivity contribution in [1.82, 2.24) is 4.90 Å². The summed E-state index contributed by atoms with van der Waals surface area (Å²) in [6, 6.07) is 15.7. The topological polar surface area (TPSA) is 60.4 Å². The molecule has 0 unspecified atom stereocenters. The second-order valence-electron chi connectivity index (χ2n) is 7.13. The molecule has 0 aromatic heterocycles. The number of likely N-dealkylation sites (N-methyl/N-ethyl adjacent to an activating group) is 1. The first-order chi connectivity index (χ1) is 13.7. The third-order valence-electron chi connectivity index (χ3n) is 5.20. The van der Waals surface area contributed by atoms with Gasteiger partial charge in [0.2, 0.25) is 12.7 Å². The normalized spacial score (nSPS) is 18.4. The van der Waals surface area contributed by atoms with E-state index in [1.54, 1.807) is 4.90 Å². The first-order valence-corrected chi connectivity index (χ1v) is 9.58. The van der Waals surface area contributed by atoms with Gasteiger partial charge in [-0.25, -0.2) is 0 Å². The molecule has 0 saturated heterocycles. The second kappa shape index (κ2) is 7.92. The average Bonchev–Trinajstić information content (AvgIpc) is 3.38. The van der Waals surface area contributed by atoms with Crippen molar-refractivity contribution in [3.63, 3.8) is 0 Å². The number of carbonyl (C=O) groups is 1. The van der Waals surface area contributed by atoms with Gasteiger partial charge in [-0.15, -0.1) is 0 Å². The molecular formula is C22H24N2O4. The Kier molecular flexibility index (Phi) is 5.19. The fourth-order valence-electron chi connectivity index (χ4n) is 3.67. The minimum absolute atomic E-state index is 0.105. The summed E-state index contributed by atoms with van der Waals surface area (Å²) >= 11 is 0. The zero-order valence-corrected chi connectivity index (χ0v) is 16.1. The molecule has 2 atom stereocenters. The van der Waals surface area contributed by atoms with Crippen LogP contribution < -0.4 is 9.47 Å². The Morgan fingerprint density at radius 1 is 1.18 bits per heavy atom. The minimum Gasteiger partial charge on any atom is -0.454 e. The molecule has 0 saturated carbocycles. The lowest BCUT2D eigenvalue weighted by Crippen LogP contribution is -2.37. The van der Waals surface area contributed by atoms with Crippen LogP contribution in [0.2, 0.25) is 0 Å². The van der Waals surface area contributed by atoms with Crippen molar-refractivity contribution < 1.29 is 19.1 Å². The fourth-order valence-corrected chi connectivity index (χ4v) is 3.67. The maximum absolute atomic E-state index is 12.9. The van der Waals surface area contributed by atoms with Crippen LogP contribution in [0.4, 0.5) is 0 Å². The van der Waals surface area contributed by atoms with Crippen molar-refractivity contribution in [2.45, 2.75) is 31.8 Å². The molecule has 146 valence electrons. The molecule has 2 aliphatic rings. The summed E-state index contributed by atoms with van der Waals surface area (Å²) in [5, 5.41) is 4.23. The van der Waals surface area contributed by atoms with Crippen LogP contribution in [0.5, 0.6) is 11.5 Å². The number of hydrogen-bond donors (Lipinski definition) is 0. The molecule has 0 N–H and O–H groups in total. The van der Waals surface area contributed by atoms with Gasteiger partial charge in [-0.3, -0.25) is 4.79 Å². The highest BCUT2D eigenvalue weighted by atomic mass is 16.7. The summed E-state index contributed by atoms with van der Waals surface area (Å²) in [6.45, 7) is 2.79. The van der Waals surface area contributed by atoms with E-state index in [-0.39, 0.29) is 24.7 Å². The van der Waals surface area contributed by atoms with Gasteiger partial charge in [-0.05, 0) is 30.2 Å². The van der Waals surface area contributed by atoms with Gasteiger partial charge < -0.3 is 19.2 Å². The standard InChI is InChI=1S/C22H24N2O4/c1-3-18(15-7-5-4-6-8-15)22(25)24(2)13-17-12-19(23-28-17)16-9-10-20-21(11-16)27-14-26-20/h4-11,17-18H,3,12-14H2,1-2H3/t17-,18-/m0/s1. The van der Waals surface area contributed by atoms with E-state index in [1.807, 2.05) is 62.5 Å². The molecule has 0 fully saturated rings. The molecule has 1 amide bonds. The molecule has 0 spiro atoms. The van der Waals surface area contributed by atoms with Crippen LogP contribution in [-0.4, -0.2) is 43.0 Å². The molecule has 2 aromatic rings. The highest BCUT2D eigenvalue weighted by molar-refractivity contribution is 6.01. The highest BCUT2D eigenvalue weighted by Gasteiger charge is 2.29. The Labute approximate surface area is 164 Å². The largest absolute Gasteiger partial charge is 0.454 e. The third-order valence-corrected chi connectivity index (χ3v) is 5.20. The van der Waals surface area contributed by atoms with E-state index in [1.165, 1.54) is 0 Å². The van der Waals surface area contributed by atoms with Crippen LogP contribution in [0.25, 0.3) is 0 Å². The SMILES string of the molecule is CC[C@H](C(=O)N(C)C[C@@H]1CC(c2ccc3c(c2)OCO3)=NO1)c1ccccc1. The lowest BCUT2D eigenvalue weighted by atomic mass is 9.95. The smallest absolute Gasteiger partial charge is 0.231 e. The quantitative estimate of drug-likeness (QED) is 0.769. The van der Waals surface area contributed by atoms with Crippen LogP contribution in [0.1, 0.15) is 36.8 Å². The molecule has 0 aliphatic carbocycles. The van der Waals surface area contributed by atoms with E-state index in [9.17, 15) is 4.79 Å². The van der Waals surface area contributed by atoms with Gasteiger partial charge in [0.05, 0.1) is 18.2 Å². The van der Waals surface area contributed by atoms with Gasteiger partial charge >= 0.3 is 0 Å².